The number of rotatable bonds is 2. The molecule has 0 aliphatic heterocycles. The summed E-state index contributed by atoms with van der Waals surface area (Å²) in [6.07, 6.45) is 11.0. The topological polar surface area (TPSA) is 29.5 Å². The van der Waals surface area contributed by atoms with Gasteiger partial charge in [-0.25, -0.2) is 0 Å². The van der Waals surface area contributed by atoms with E-state index in [4.69, 9.17) is 4.74 Å². The Balaban J connectivity index is 2.01. The molecule has 0 amide bonds. The molecule has 19 heavy (non-hydrogen) atoms. The normalized spacial score (nSPS) is 28.7. The number of ether oxygens (including phenoxy) is 1. The van der Waals surface area contributed by atoms with E-state index in [9.17, 15) is 5.11 Å². The second-order valence-electron chi connectivity index (χ2n) is 5.12. The molecule has 0 heterocycles. The maximum Gasteiger partial charge on any atom is 0.119 e. The molecule has 2 heteroatoms. The molecule has 2 nitrogen and oxygen atoms in total. The molecular weight excluding hydrogens is 236 g/mol. The van der Waals surface area contributed by atoms with Crippen molar-refractivity contribution in [3.63, 3.8) is 0 Å². The summed E-state index contributed by atoms with van der Waals surface area (Å²) in [6, 6.07) is 8.05. The summed E-state index contributed by atoms with van der Waals surface area (Å²) < 4.78 is 5.29. The first-order chi connectivity index (χ1) is 9.28. The highest BCUT2D eigenvalue weighted by Crippen LogP contribution is 2.40. The molecule has 0 spiro atoms. The van der Waals surface area contributed by atoms with Crippen LogP contribution in [-0.2, 0) is 0 Å². The van der Waals surface area contributed by atoms with Crippen LogP contribution in [0.4, 0.5) is 0 Å². The molecule has 3 atom stereocenters. The van der Waals surface area contributed by atoms with E-state index in [1.54, 1.807) is 7.11 Å². The SMILES string of the molecule is COc1cccc(C2=CC(O)CC3C=CC=CC23)c1. The molecule has 1 N–H and O–H groups in total. The Hall–Kier alpha value is -1.80. The van der Waals surface area contributed by atoms with Crippen molar-refractivity contribution in [3.8, 4) is 5.75 Å². The lowest BCUT2D eigenvalue weighted by atomic mass is 9.73. The van der Waals surface area contributed by atoms with Gasteiger partial charge in [0.2, 0.25) is 0 Å². The minimum atomic E-state index is -0.362. The average Bonchev–Trinajstić information content (AvgIpc) is 2.46. The van der Waals surface area contributed by atoms with Gasteiger partial charge in [-0.15, -0.1) is 0 Å². The zero-order valence-corrected chi connectivity index (χ0v) is 11.0. The van der Waals surface area contributed by atoms with Gasteiger partial charge in [0, 0.05) is 5.92 Å². The van der Waals surface area contributed by atoms with E-state index in [2.05, 4.69) is 30.4 Å². The van der Waals surface area contributed by atoms with Crippen molar-refractivity contribution >= 4 is 5.57 Å². The van der Waals surface area contributed by atoms with Gasteiger partial charge in [-0.3, -0.25) is 0 Å². The summed E-state index contributed by atoms with van der Waals surface area (Å²) in [5, 5.41) is 10.0. The first-order valence-corrected chi connectivity index (χ1v) is 6.67. The van der Waals surface area contributed by atoms with Crippen molar-refractivity contribution in [1.29, 1.82) is 0 Å². The lowest BCUT2D eigenvalue weighted by Crippen LogP contribution is -2.25. The molecule has 1 aromatic carbocycles. The van der Waals surface area contributed by atoms with Crippen molar-refractivity contribution in [1.82, 2.24) is 0 Å². The number of hydrogen-bond acceptors (Lipinski definition) is 2. The molecule has 0 aromatic heterocycles. The van der Waals surface area contributed by atoms with Crippen LogP contribution in [0.15, 0.2) is 54.6 Å². The molecule has 3 unspecified atom stereocenters. The number of fused-ring (bicyclic) bond motifs is 1. The number of methoxy groups -OCH3 is 1. The minimum absolute atomic E-state index is 0.362. The quantitative estimate of drug-likeness (QED) is 0.878. The zero-order valence-electron chi connectivity index (χ0n) is 11.0. The van der Waals surface area contributed by atoms with Crippen LogP contribution in [0.25, 0.3) is 5.57 Å². The van der Waals surface area contributed by atoms with Crippen LogP contribution in [-0.4, -0.2) is 18.3 Å². The summed E-state index contributed by atoms with van der Waals surface area (Å²) in [6.45, 7) is 0. The van der Waals surface area contributed by atoms with Crippen LogP contribution in [0.3, 0.4) is 0 Å². The Bertz CT molecular complexity index is 554. The fraction of sp³-hybridized carbons (Fsp3) is 0.294. The van der Waals surface area contributed by atoms with E-state index in [-0.39, 0.29) is 6.10 Å². The number of allylic oxidation sites excluding steroid dienone is 5. The Morgan fingerprint density at radius 1 is 1.21 bits per heavy atom. The maximum atomic E-state index is 10.0. The Morgan fingerprint density at radius 2 is 2.05 bits per heavy atom. The smallest absolute Gasteiger partial charge is 0.119 e. The molecule has 1 aromatic rings. The second-order valence-corrected chi connectivity index (χ2v) is 5.12. The van der Waals surface area contributed by atoms with E-state index in [0.717, 1.165) is 17.7 Å². The van der Waals surface area contributed by atoms with Crippen molar-refractivity contribution in [3.05, 3.63) is 60.2 Å². The fourth-order valence-corrected chi connectivity index (χ4v) is 2.97. The molecule has 3 rings (SSSR count). The van der Waals surface area contributed by atoms with Gasteiger partial charge in [-0.2, -0.15) is 0 Å². The Morgan fingerprint density at radius 3 is 2.89 bits per heavy atom. The molecule has 2 aliphatic carbocycles. The molecule has 0 saturated heterocycles. The van der Waals surface area contributed by atoms with E-state index in [1.165, 1.54) is 5.57 Å². The number of hydrogen-bond donors (Lipinski definition) is 1. The van der Waals surface area contributed by atoms with E-state index < -0.39 is 0 Å². The number of aliphatic hydroxyl groups excluding tert-OH is 1. The van der Waals surface area contributed by atoms with Crippen LogP contribution in [0.1, 0.15) is 12.0 Å². The minimum Gasteiger partial charge on any atom is -0.497 e. The van der Waals surface area contributed by atoms with E-state index >= 15 is 0 Å². The van der Waals surface area contributed by atoms with Crippen molar-refractivity contribution in [2.24, 2.45) is 11.8 Å². The summed E-state index contributed by atoms with van der Waals surface area (Å²) in [5.74, 6) is 1.61. The third-order valence-corrected chi connectivity index (χ3v) is 3.90. The van der Waals surface area contributed by atoms with Gasteiger partial charge in [0.1, 0.15) is 5.75 Å². The average molecular weight is 254 g/mol. The first-order valence-electron chi connectivity index (χ1n) is 6.67. The van der Waals surface area contributed by atoms with E-state index in [1.807, 2.05) is 24.3 Å². The lowest BCUT2D eigenvalue weighted by Gasteiger charge is -2.33. The van der Waals surface area contributed by atoms with Crippen LogP contribution < -0.4 is 4.74 Å². The van der Waals surface area contributed by atoms with Gasteiger partial charge in [0.05, 0.1) is 13.2 Å². The monoisotopic (exact) mass is 254 g/mol. The van der Waals surface area contributed by atoms with Gasteiger partial charge in [0.15, 0.2) is 0 Å². The highest BCUT2D eigenvalue weighted by molar-refractivity contribution is 5.72. The molecular formula is C17H18O2. The lowest BCUT2D eigenvalue weighted by molar-refractivity contribution is 0.183. The van der Waals surface area contributed by atoms with Crippen molar-refractivity contribution < 1.29 is 9.84 Å². The van der Waals surface area contributed by atoms with Crippen molar-refractivity contribution in [2.75, 3.05) is 7.11 Å². The van der Waals surface area contributed by atoms with Gasteiger partial charge in [-0.05, 0) is 35.6 Å². The highest BCUT2D eigenvalue weighted by atomic mass is 16.5. The number of benzene rings is 1. The van der Waals surface area contributed by atoms with Crippen LogP contribution in [0.2, 0.25) is 0 Å². The summed E-state index contributed by atoms with van der Waals surface area (Å²) in [5.41, 5.74) is 2.33. The van der Waals surface area contributed by atoms with Crippen LogP contribution in [0.5, 0.6) is 5.75 Å². The largest absolute Gasteiger partial charge is 0.497 e. The fourth-order valence-electron chi connectivity index (χ4n) is 2.97. The number of aliphatic hydroxyl groups is 1. The third kappa shape index (κ3) is 2.36. The predicted molar refractivity (Wildman–Crippen MR) is 76.9 cm³/mol. The molecule has 98 valence electrons. The maximum absolute atomic E-state index is 10.0. The summed E-state index contributed by atoms with van der Waals surface area (Å²) >= 11 is 0. The standard InChI is InChI=1S/C17H18O2/c1-19-15-7-4-6-13(10-15)17-11-14(18)9-12-5-2-3-8-16(12)17/h2-8,10-12,14,16,18H,9H2,1H3. The Kier molecular flexibility index (Phi) is 3.26. The molecule has 0 radical (unpaired) electrons. The van der Waals surface area contributed by atoms with Gasteiger partial charge >= 0.3 is 0 Å². The summed E-state index contributed by atoms with van der Waals surface area (Å²) in [7, 11) is 1.68. The predicted octanol–water partition coefficient (Wildman–Crippen LogP) is 3.20. The molecule has 0 bridgehead atoms. The van der Waals surface area contributed by atoms with E-state index in [0.29, 0.717) is 11.8 Å². The highest BCUT2D eigenvalue weighted by Gasteiger charge is 2.29. The van der Waals surface area contributed by atoms with Crippen LogP contribution in [0, 0.1) is 11.8 Å². The van der Waals surface area contributed by atoms with Crippen molar-refractivity contribution in [2.45, 2.75) is 12.5 Å². The first kappa shape index (κ1) is 12.2. The Labute approximate surface area is 113 Å². The van der Waals surface area contributed by atoms with Gasteiger partial charge < -0.3 is 9.84 Å². The van der Waals surface area contributed by atoms with Gasteiger partial charge in [-0.1, -0.05) is 42.5 Å². The van der Waals surface area contributed by atoms with Gasteiger partial charge in [0.25, 0.3) is 0 Å². The second kappa shape index (κ2) is 5.06. The summed E-state index contributed by atoms with van der Waals surface area (Å²) in [4.78, 5) is 0. The molecule has 0 saturated carbocycles. The third-order valence-electron chi connectivity index (χ3n) is 3.90. The molecule has 2 aliphatic rings. The van der Waals surface area contributed by atoms with Crippen LogP contribution >= 0.6 is 0 Å². The zero-order chi connectivity index (χ0) is 13.2. The molecule has 0 fully saturated rings.